The number of nitrogens with one attached hydrogen (secondary N) is 1. The summed E-state index contributed by atoms with van der Waals surface area (Å²) in [6, 6.07) is 7.19. The molecule has 3 rings (SSSR count). The maximum atomic E-state index is 12.0. The zero-order valence-corrected chi connectivity index (χ0v) is 13.1. The van der Waals surface area contributed by atoms with Crippen LogP contribution in [0.25, 0.3) is 0 Å². The van der Waals surface area contributed by atoms with Gasteiger partial charge in [-0.05, 0) is 43.5 Å². The predicted molar refractivity (Wildman–Crippen MR) is 86.5 cm³/mol. The molecule has 2 aromatic rings. The molecule has 0 saturated heterocycles. The van der Waals surface area contributed by atoms with E-state index in [9.17, 15) is 9.90 Å². The number of hydrogen-bond acceptors (Lipinski definition) is 4. The summed E-state index contributed by atoms with van der Waals surface area (Å²) in [4.78, 5) is 12.0. The summed E-state index contributed by atoms with van der Waals surface area (Å²) < 4.78 is 7.42. The molecule has 2 unspecified atom stereocenters. The summed E-state index contributed by atoms with van der Waals surface area (Å²) in [6.07, 6.45) is 6.47. The summed E-state index contributed by atoms with van der Waals surface area (Å²) in [5, 5.41) is 16.7. The minimum atomic E-state index is -0.395. The Bertz CT molecular complexity index is 666. The van der Waals surface area contributed by atoms with Crippen LogP contribution in [0.4, 0.5) is 5.69 Å². The Labute approximate surface area is 135 Å². The van der Waals surface area contributed by atoms with Crippen LogP contribution in [0.2, 0.25) is 0 Å². The van der Waals surface area contributed by atoms with Gasteiger partial charge in [-0.1, -0.05) is 6.42 Å². The number of benzene rings is 1. The fourth-order valence-corrected chi connectivity index (χ4v) is 2.75. The van der Waals surface area contributed by atoms with Crippen molar-refractivity contribution in [3.05, 3.63) is 42.2 Å². The molecule has 0 spiro atoms. The van der Waals surface area contributed by atoms with Crippen molar-refractivity contribution in [3.8, 4) is 5.75 Å². The van der Waals surface area contributed by atoms with Crippen molar-refractivity contribution in [2.45, 2.75) is 37.9 Å². The Morgan fingerprint density at radius 1 is 1.30 bits per heavy atom. The lowest BCUT2D eigenvalue weighted by molar-refractivity contribution is 0.00688. The first-order chi connectivity index (χ1) is 11.1. The van der Waals surface area contributed by atoms with Crippen LogP contribution in [0.3, 0.4) is 0 Å². The lowest BCUT2D eigenvalue weighted by Gasteiger charge is -2.28. The van der Waals surface area contributed by atoms with E-state index in [0.29, 0.717) is 17.0 Å². The van der Waals surface area contributed by atoms with Gasteiger partial charge in [0, 0.05) is 18.9 Å². The molecule has 0 aliphatic heterocycles. The fraction of sp³-hybridized carbons (Fsp3) is 0.412. The number of aromatic nitrogens is 2. The average molecular weight is 315 g/mol. The van der Waals surface area contributed by atoms with E-state index in [1.54, 1.807) is 42.2 Å². The van der Waals surface area contributed by atoms with Crippen LogP contribution >= 0.6 is 0 Å². The molecule has 6 nitrogen and oxygen atoms in total. The molecule has 1 heterocycles. The normalized spacial score (nSPS) is 21.0. The van der Waals surface area contributed by atoms with E-state index < -0.39 is 6.10 Å². The van der Waals surface area contributed by atoms with Crippen molar-refractivity contribution in [3.63, 3.8) is 0 Å². The van der Waals surface area contributed by atoms with Gasteiger partial charge in [0.05, 0.1) is 17.9 Å². The van der Waals surface area contributed by atoms with E-state index in [2.05, 4.69) is 10.4 Å². The summed E-state index contributed by atoms with van der Waals surface area (Å²) >= 11 is 0. The van der Waals surface area contributed by atoms with E-state index in [1.807, 2.05) is 0 Å². The Kier molecular flexibility index (Phi) is 4.62. The second-order valence-corrected chi connectivity index (χ2v) is 5.89. The van der Waals surface area contributed by atoms with Crippen molar-refractivity contribution >= 4 is 11.6 Å². The molecular weight excluding hydrogens is 294 g/mol. The van der Waals surface area contributed by atoms with Crippen LogP contribution in [0, 0.1) is 0 Å². The molecular formula is C17H21N3O3. The highest BCUT2D eigenvalue weighted by atomic mass is 16.5. The minimum absolute atomic E-state index is 0.139. The first-order valence-electron chi connectivity index (χ1n) is 7.86. The second kappa shape index (κ2) is 6.83. The van der Waals surface area contributed by atoms with Gasteiger partial charge in [0.25, 0.3) is 5.91 Å². The Balaban J connectivity index is 1.59. The van der Waals surface area contributed by atoms with Crippen LogP contribution in [0.5, 0.6) is 5.75 Å². The number of aryl methyl sites for hydroxylation is 1. The van der Waals surface area contributed by atoms with E-state index in [-0.39, 0.29) is 12.0 Å². The van der Waals surface area contributed by atoms with E-state index in [0.717, 1.165) is 25.7 Å². The molecule has 2 N–H and O–H groups in total. The van der Waals surface area contributed by atoms with Gasteiger partial charge in [0.15, 0.2) is 0 Å². The van der Waals surface area contributed by atoms with Gasteiger partial charge in [-0.2, -0.15) is 5.10 Å². The summed E-state index contributed by atoms with van der Waals surface area (Å²) in [6.45, 7) is 0. The smallest absolute Gasteiger partial charge is 0.258 e. The number of carbonyl (C=O) groups is 1. The van der Waals surface area contributed by atoms with Crippen LogP contribution in [-0.2, 0) is 7.05 Å². The van der Waals surface area contributed by atoms with Gasteiger partial charge in [-0.25, -0.2) is 0 Å². The number of aliphatic hydroxyl groups is 1. The molecule has 0 radical (unpaired) electrons. The number of anilines is 1. The third kappa shape index (κ3) is 3.90. The highest BCUT2D eigenvalue weighted by Crippen LogP contribution is 2.25. The first-order valence-corrected chi connectivity index (χ1v) is 7.86. The van der Waals surface area contributed by atoms with Crippen LogP contribution in [0.15, 0.2) is 36.7 Å². The second-order valence-electron chi connectivity index (χ2n) is 5.89. The number of rotatable bonds is 4. The number of ether oxygens (including phenoxy) is 1. The Hall–Kier alpha value is -2.34. The summed E-state index contributed by atoms with van der Waals surface area (Å²) in [5.41, 5.74) is 1.20. The quantitative estimate of drug-likeness (QED) is 0.908. The molecule has 1 aliphatic carbocycles. The maximum Gasteiger partial charge on any atom is 0.258 e. The molecule has 2 atom stereocenters. The highest BCUT2D eigenvalue weighted by molar-refractivity contribution is 6.03. The molecule has 1 saturated carbocycles. The monoisotopic (exact) mass is 315 g/mol. The van der Waals surface area contributed by atoms with Gasteiger partial charge in [0.1, 0.15) is 11.9 Å². The van der Waals surface area contributed by atoms with Crippen molar-refractivity contribution < 1.29 is 14.6 Å². The lowest BCUT2D eigenvalue weighted by Crippen LogP contribution is -2.34. The summed E-state index contributed by atoms with van der Waals surface area (Å²) in [7, 11) is 1.77. The van der Waals surface area contributed by atoms with Gasteiger partial charge in [0.2, 0.25) is 0 Å². The van der Waals surface area contributed by atoms with Crippen LogP contribution < -0.4 is 10.1 Å². The molecule has 1 amide bonds. The zero-order valence-electron chi connectivity index (χ0n) is 13.1. The summed E-state index contributed by atoms with van der Waals surface area (Å²) in [5.74, 6) is 0.504. The van der Waals surface area contributed by atoms with Gasteiger partial charge in [-0.15, -0.1) is 0 Å². The van der Waals surface area contributed by atoms with E-state index in [1.165, 1.54) is 6.20 Å². The number of amides is 1. The van der Waals surface area contributed by atoms with Gasteiger partial charge < -0.3 is 15.2 Å². The topological polar surface area (TPSA) is 76.4 Å². The molecule has 6 heteroatoms. The third-order valence-electron chi connectivity index (χ3n) is 4.03. The number of hydrogen-bond donors (Lipinski definition) is 2. The van der Waals surface area contributed by atoms with Crippen LogP contribution in [-0.4, -0.2) is 33.0 Å². The molecule has 1 fully saturated rings. The molecule has 23 heavy (non-hydrogen) atoms. The SMILES string of the molecule is Cn1cc(C(=O)Nc2ccc(OC3CCCCC3O)cc2)cn1. The predicted octanol–water partition coefficient (Wildman–Crippen LogP) is 2.35. The number of nitrogens with zero attached hydrogens (tertiary/aromatic N) is 2. The van der Waals surface area contributed by atoms with Crippen molar-refractivity contribution in [1.29, 1.82) is 0 Å². The van der Waals surface area contributed by atoms with Crippen LogP contribution in [0.1, 0.15) is 36.0 Å². The molecule has 122 valence electrons. The minimum Gasteiger partial charge on any atom is -0.488 e. The first kappa shape index (κ1) is 15.6. The van der Waals surface area contributed by atoms with Crippen molar-refractivity contribution in [2.75, 3.05) is 5.32 Å². The molecule has 1 aromatic heterocycles. The van der Waals surface area contributed by atoms with Crippen molar-refractivity contribution in [2.24, 2.45) is 7.05 Å². The lowest BCUT2D eigenvalue weighted by atomic mass is 9.95. The third-order valence-corrected chi connectivity index (χ3v) is 4.03. The van der Waals surface area contributed by atoms with Crippen molar-refractivity contribution in [1.82, 2.24) is 9.78 Å². The van der Waals surface area contributed by atoms with Gasteiger partial charge in [-0.3, -0.25) is 9.48 Å². The molecule has 1 aliphatic rings. The standard InChI is InChI=1S/C17H21N3O3/c1-20-11-12(10-18-20)17(22)19-13-6-8-14(9-7-13)23-16-5-3-2-4-15(16)21/h6-11,15-16,21H,2-5H2,1H3,(H,19,22). The average Bonchev–Trinajstić information content (AvgIpc) is 2.98. The number of aliphatic hydroxyl groups excluding tert-OH is 1. The molecule has 0 bridgehead atoms. The van der Waals surface area contributed by atoms with E-state index >= 15 is 0 Å². The maximum absolute atomic E-state index is 12.0. The zero-order chi connectivity index (χ0) is 16.2. The number of carbonyl (C=O) groups excluding carboxylic acids is 1. The largest absolute Gasteiger partial charge is 0.488 e. The Morgan fingerprint density at radius 3 is 2.70 bits per heavy atom. The van der Waals surface area contributed by atoms with Gasteiger partial charge >= 0.3 is 0 Å². The molecule has 1 aromatic carbocycles. The Morgan fingerprint density at radius 2 is 2.04 bits per heavy atom. The highest BCUT2D eigenvalue weighted by Gasteiger charge is 2.24. The fourth-order valence-electron chi connectivity index (χ4n) is 2.75. The van der Waals surface area contributed by atoms with E-state index in [4.69, 9.17) is 4.74 Å².